The van der Waals surface area contributed by atoms with Crippen molar-refractivity contribution in [2.24, 2.45) is 5.92 Å². The van der Waals surface area contributed by atoms with Crippen molar-refractivity contribution in [1.82, 2.24) is 45.4 Å². The Labute approximate surface area is 429 Å². The first-order valence-corrected chi connectivity index (χ1v) is 25.5. The van der Waals surface area contributed by atoms with Crippen LogP contribution in [0.25, 0.3) is 67.2 Å². The van der Waals surface area contributed by atoms with E-state index in [2.05, 4.69) is 187 Å². The number of rotatable bonds is 9. The average Bonchev–Trinajstić information content (AvgIpc) is 4.00. The van der Waals surface area contributed by atoms with Gasteiger partial charge in [-0.2, -0.15) is 0 Å². The Bertz CT molecular complexity index is 3780. The molecule has 2 aliphatic heterocycles. The molecule has 356 valence electrons. The van der Waals surface area contributed by atoms with E-state index in [-0.39, 0.29) is 24.4 Å². The number of nitrogens with one attached hydrogen (secondary N) is 3. The van der Waals surface area contributed by atoms with Gasteiger partial charge in [-0.25, -0.2) is 15.0 Å². The zero-order chi connectivity index (χ0) is 49.0. The van der Waals surface area contributed by atoms with Crippen LogP contribution in [0.5, 0.6) is 0 Å². The van der Waals surface area contributed by atoms with Crippen molar-refractivity contribution in [1.29, 1.82) is 0 Å². The van der Waals surface area contributed by atoms with Crippen molar-refractivity contribution in [3.63, 3.8) is 0 Å². The van der Waals surface area contributed by atoms with E-state index in [0.29, 0.717) is 17.5 Å². The van der Waals surface area contributed by atoms with Crippen molar-refractivity contribution in [2.75, 3.05) is 4.90 Å². The van der Waals surface area contributed by atoms with Crippen LogP contribution in [-0.2, 0) is 0 Å². The van der Waals surface area contributed by atoms with Gasteiger partial charge < -0.3 is 9.47 Å². The van der Waals surface area contributed by atoms with Crippen molar-refractivity contribution < 1.29 is 0 Å². The zero-order valence-corrected chi connectivity index (χ0v) is 40.4. The van der Waals surface area contributed by atoms with E-state index in [9.17, 15) is 0 Å². The van der Waals surface area contributed by atoms with Crippen LogP contribution in [0.15, 0.2) is 242 Å². The molecule has 4 aliphatic rings. The minimum atomic E-state index is -0.137. The maximum atomic E-state index is 5.06. The molecule has 4 aromatic heterocycles. The standard InChI is InChI=1S/C64H50N10/c1-3-15-41(16-4-1)59-67-61(71-63(69-59)47-21-13-33-65-39-47)45-19-11-23-49(35-45)73-55-27-9-7-25-51(55)53-37-43(29-31-57(53)73)44-30-32-58-54(38-44)52-26-8-10-28-56(52)74(58)50-24-12-20-46(36-50)62-68-60(42-17-5-2-6-18-42)70-64(72-62)48-22-14-34-66-40-48/h1-9,11-27,29-37,39-40,54,59,61,63,67,69,71H,10,28,38H2. The number of aromatic nitrogens is 6. The molecule has 0 bridgehead atoms. The average molecular weight is 959 g/mol. The van der Waals surface area contributed by atoms with E-state index in [1.165, 1.54) is 55.5 Å². The Morgan fingerprint density at radius 3 is 1.93 bits per heavy atom. The van der Waals surface area contributed by atoms with Gasteiger partial charge in [0.1, 0.15) is 0 Å². The Hall–Kier alpha value is -8.93. The number of allylic oxidation sites excluding steroid dienone is 7. The van der Waals surface area contributed by atoms with Gasteiger partial charge in [-0.3, -0.25) is 25.9 Å². The van der Waals surface area contributed by atoms with Crippen LogP contribution in [0.3, 0.4) is 0 Å². The summed E-state index contributed by atoms with van der Waals surface area (Å²) in [5.41, 5.74) is 17.4. The van der Waals surface area contributed by atoms with Crippen molar-refractivity contribution >= 4 is 33.1 Å². The number of benzene rings is 6. The van der Waals surface area contributed by atoms with E-state index in [1.807, 2.05) is 60.9 Å². The third-order valence-electron chi connectivity index (χ3n) is 14.9. The van der Waals surface area contributed by atoms with E-state index >= 15 is 0 Å². The Morgan fingerprint density at radius 2 is 1.12 bits per heavy atom. The van der Waals surface area contributed by atoms with Crippen LogP contribution in [0, 0.1) is 5.92 Å². The highest BCUT2D eigenvalue weighted by Gasteiger charge is 2.38. The summed E-state index contributed by atoms with van der Waals surface area (Å²) in [5, 5.41) is 13.9. The molecule has 6 aromatic carbocycles. The molecule has 4 unspecified atom stereocenters. The lowest BCUT2D eigenvalue weighted by atomic mass is 9.83. The van der Waals surface area contributed by atoms with Gasteiger partial charge in [-0.1, -0.05) is 133 Å². The molecule has 2 aliphatic carbocycles. The second-order valence-electron chi connectivity index (χ2n) is 19.4. The maximum absolute atomic E-state index is 5.06. The molecule has 0 saturated carbocycles. The highest BCUT2D eigenvalue weighted by Crippen LogP contribution is 2.50. The smallest absolute Gasteiger partial charge is 0.165 e. The van der Waals surface area contributed by atoms with Crippen LogP contribution in [0.4, 0.5) is 5.69 Å². The lowest BCUT2D eigenvalue weighted by molar-refractivity contribution is 0.203. The molecule has 4 atom stereocenters. The SMILES string of the molecule is C1=CC2=C(CC1)N(c1cccc(-c3nc(-c4ccccc4)nc(-c4cccnc4)n3)c1)C1=CC=C(c3ccc4c(c3)c3ccccc3n4-c3cccc(C4NC(c5ccccc5)NC(c5cccnc5)N4)c3)CC12. The number of fused-ring (bicyclic) bond motifs is 5. The van der Waals surface area contributed by atoms with E-state index in [0.717, 1.165) is 58.5 Å². The van der Waals surface area contributed by atoms with Gasteiger partial charge in [0.15, 0.2) is 17.5 Å². The summed E-state index contributed by atoms with van der Waals surface area (Å²) in [4.78, 5) is 26.3. The highest BCUT2D eigenvalue weighted by molar-refractivity contribution is 6.10. The summed E-state index contributed by atoms with van der Waals surface area (Å²) in [7, 11) is 0. The number of hydrogen-bond donors (Lipinski definition) is 3. The van der Waals surface area contributed by atoms with Crippen LogP contribution >= 0.6 is 0 Å². The topological polar surface area (TPSA) is 109 Å². The van der Waals surface area contributed by atoms with Gasteiger partial charge in [0.05, 0.1) is 29.5 Å². The van der Waals surface area contributed by atoms with E-state index in [1.54, 1.807) is 12.4 Å². The molecular weight excluding hydrogens is 909 g/mol. The quantitative estimate of drug-likeness (QED) is 0.130. The minimum Gasteiger partial charge on any atom is -0.317 e. The van der Waals surface area contributed by atoms with Crippen LogP contribution in [0.1, 0.15) is 60.0 Å². The molecule has 10 aromatic rings. The first kappa shape index (κ1) is 43.8. The molecule has 1 saturated heterocycles. The Morgan fingerprint density at radius 1 is 0.473 bits per heavy atom. The molecule has 0 radical (unpaired) electrons. The maximum Gasteiger partial charge on any atom is 0.165 e. The molecule has 0 spiro atoms. The zero-order valence-electron chi connectivity index (χ0n) is 40.4. The van der Waals surface area contributed by atoms with Crippen LogP contribution in [0.2, 0.25) is 0 Å². The lowest BCUT2D eigenvalue weighted by Crippen LogP contribution is -2.54. The number of para-hydroxylation sites is 1. The van der Waals surface area contributed by atoms with Gasteiger partial charge >= 0.3 is 0 Å². The van der Waals surface area contributed by atoms with E-state index in [4.69, 9.17) is 15.0 Å². The predicted molar refractivity (Wildman–Crippen MR) is 295 cm³/mol. The molecular formula is C64H50N10. The molecule has 1 fully saturated rings. The van der Waals surface area contributed by atoms with E-state index < -0.39 is 0 Å². The van der Waals surface area contributed by atoms with Gasteiger partial charge in [0.25, 0.3) is 0 Å². The number of hydrogen-bond acceptors (Lipinski definition) is 9. The number of pyridine rings is 2. The van der Waals surface area contributed by atoms with Crippen LogP contribution in [-0.4, -0.2) is 29.5 Å². The fourth-order valence-electron chi connectivity index (χ4n) is 11.4. The molecule has 0 amide bonds. The fourth-order valence-corrected chi connectivity index (χ4v) is 11.4. The number of nitrogens with zero attached hydrogens (tertiary/aromatic N) is 7. The first-order chi connectivity index (χ1) is 36.7. The normalized spacial score (nSPS) is 19.3. The molecule has 14 rings (SSSR count). The summed E-state index contributed by atoms with van der Waals surface area (Å²) in [6.07, 6.45) is 19.3. The minimum absolute atomic E-state index is 0.0761. The van der Waals surface area contributed by atoms with Gasteiger partial charge in [0, 0.05) is 86.5 Å². The lowest BCUT2D eigenvalue weighted by Gasteiger charge is -2.39. The van der Waals surface area contributed by atoms with Crippen molar-refractivity contribution in [2.45, 2.75) is 37.8 Å². The predicted octanol–water partition coefficient (Wildman–Crippen LogP) is 13.3. The Kier molecular flexibility index (Phi) is 11.0. The molecule has 10 heteroatoms. The molecule has 6 heterocycles. The molecule has 74 heavy (non-hydrogen) atoms. The second kappa shape index (κ2) is 18.6. The Balaban J connectivity index is 0.803. The van der Waals surface area contributed by atoms with Crippen LogP contribution < -0.4 is 20.9 Å². The summed E-state index contributed by atoms with van der Waals surface area (Å²) < 4.78 is 2.42. The van der Waals surface area contributed by atoms with Gasteiger partial charge in [-0.05, 0) is 114 Å². The first-order valence-electron chi connectivity index (χ1n) is 25.5. The molecule has 10 nitrogen and oxygen atoms in total. The van der Waals surface area contributed by atoms with Crippen molar-refractivity contribution in [3.05, 3.63) is 264 Å². The largest absolute Gasteiger partial charge is 0.317 e. The third-order valence-corrected chi connectivity index (χ3v) is 14.9. The highest BCUT2D eigenvalue weighted by atomic mass is 15.4. The fraction of sp³-hybridized carbons (Fsp3) is 0.109. The van der Waals surface area contributed by atoms with Gasteiger partial charge in [0.2, 0.25) is 0 Å². The van der Waals surface area contributed by atoms with Crippen molar-refractivity contribution in [3.8, 4) is 39.9 Å². The third kappa shape index (κ3) is 7.93. The summed E-state index contributed by atoms with van der Waals surface area (Å²) in [6.45, 7) is 0. The number of anilines is 1. The second-order valence-corrected chi connectivity index (χ2v) is 19.4. The summed E-state index contributed by atoms with van der Waals surface area (Å²) >= 11 is 0. The molecule has 3 N–H and O–H groups in total. The summed E-state index contributed by atoms with van der Waals surface area (Å²) in [5.74, 6) is 2.07. The summed E-state index contributed by atoms with van der Waals surface area (Å²) in [6, 6.07) is 62.2. The monoisotopic (exact) mass is 958 g/mol. The van der Waals surface area contributed by atoms with Gasteiger partial charge in [-0.15, -0.1) is 0 Å².